The van der Waals surface area contributed by atoms with E-state index in [1.807, 2.05) is 53.4 Å². The second-order valence-corrected chi connectivity index (χ2v) is 7.71. The van der Waals surface area contributed by atoms with Crippen molar-refractivity contribution in [3.63, 3.8) is 0 Å². The summed E-state index contributed by atoms with van der Waals surface area (Å²) in [6.07, 6.45) is 3.13. The quantitative estimate of drug-likeness (QED) is 0.520. The number of amides is 1. The molecule has 2 aromatic heterocycles. The summed E-state index contributed by atoms with van der Waals surface area (Å²) < 4.78 is 11.3. The van der Waals surface area contributed by atoms with Crippen molar-refractivity contribution in [2.45, 2.75) is 18.9 Å². The van der Waals surface area contributed by atoms with Gasteiger partial charge in [-0.1, -0.05) is 24.3 Å². The van der Waals surface area contributed by atoms with Crippen LogP contribution in [0.3, 0.4) is 0 Å². The number of H-pyrrole nitrogens is 1. The number of para-hydroxylation sites is 2. The molecular formula is C24H23N5O3. The fourth-order valence-electron chi connectivity index (χ4n) is 3.88. The summed E-state index contributed by atoms with van der Waals surface area (Å²) in [7, 11) is 1.62. The number of aromatic nitrogens is 4. The van der Waals surface area contributed by atoms with Gasteiger partial charge < -0.3 is 14.4 Å². The molecule has 0 unspecified atom stereocenters. The number of carbonyl (C=O) groups excluding carboxylic acids is 1. The molecule has 0 bridgehead atoms. The maximum Gasteiger partial charge on any atom is 0.271 e. The molecule has 32 heavy (non-hydrogen) atoms. The zero-order valence-electron chi connectivity index (χ0n) is 17.7. The first-order valence-electron chi connectivity index (χ1n) is 10.6. The number of piperidine rings is 1. The second-order valence-electron chi connectivity index (χ2n) is 7.71. The smallest absolute Gasteiger partial charge is 0.271 e. The maximum absolute atomic E-state index is 12.9. The zero-order chi connectivity index (χ0) is 21.9. The first-order valence-corrected chi connectivity index (χ1v) is 10.6. The molecule has 8 nitrogen and oxygen atoms in total. The Hall–Kier alpha value is -3.94. The molecular weight excluding hydrogens is 406 g/mol. The van der Waals surface area contributed by atoms with Gasteiger partial charge in [0.15, 0.2) is 0 Å². The predicted molar refractivity (Wildman–Crippen MR) is 120 cm³/mol. The summed E-state index contributed by atoms with van der Waals surface area (Å²) in [5, 5.41) is 7.18. The Balaban J connectivity index is 1.20. The number of benzene rings is 2. The molecule has 1 fully saturated rings. The number of nitrogens with one attached hydrogen (secondary N) is 1. The number of ether oxygens (including phenoxy) is 2. The number of rotatable bonds is 5. The van der Waals surface area contributed by atoms with Crippen LogP contribution in [-0.4, -0.2) is 57.3 Å². The molecule has 4 aromatic rings. The number of hydrogen-bond acceptors (Lipinski definition) is 6. The normalized spacial score (nSPS) is 14.5. The van der Waals surface area contributed by atoms with Crippen LogP contribution in [0.1, 0.15) is 23.3 Å². The number of methoxy groups -OCH3 is 1. The van der Waals surface area contributed by atoms with Gasteiger partial charge in [0, 0.05) is 31.5 Å². The summed E-state index contributed by atoms with van der Waals surface area (Å²) >= 11 is 0. The van der Waals surface area contributed by atoms with Crippen molar-refractivity contribution < 1.29 is 14.3 Å². The zero-order valence-corrected chi connectivity index (χ0v) is 17.7. The van der Waals surface area contributed by atoms with Crippen LogP contribution in [0.5, 0.6) is 11.6 Å². The van der Waals surface area contributed by atoms with E-state index in [1.165, 1.54) is 0 Å². The Kier molecular flexibility index (Phi) is 5.41. The van der Waals surface area contributed by atoms with E-state index in [-0.39, 0.29) is 12.0 Å². The molecule has 1 saturated heterocycles. The topological polar surface area (TPSA) is 93.2 Å². The van der Waals surface area contributed by atoms with Crippen LogP contribution >= 0.6 is 0 Å². The molecule has 8 heteroatoms. The fourth-order valence-corrected chi connectivity index (χ4v) is 3.88. The molecule has 3 heterocycles. The van der Waals surface area contributed by atoms with E-state index >= 15 is 0 Å². The Morgan fingerprint density at radius 2 is 1.88 bits per heavy atom. The van der Waals surface area contributed by atoms with E-state index in [1.54, 1.807) is 19.4 Å². The summed E-state index contributed by atoms with van der Waals surface area (Å²) in [5.41, 5.74) is 3.73. The number of aromatic amines is 1. The maximum atomic E-state index is 12.9. The highest BCUT2D eigenvalue weighted by atomic mass is 16.5. The van der Waals surface area contributed by atoms with Gasteiger partial charge in [0.1, 0.15) is 17.5 Å². The van der Waals surface area contributed by atoms with Crippen molar-refractivity contribution in [2.75, 3.05) is 20.2 Å². The SMILES string of the molecule is COc1cccc(-c2cc(C(=O)N3CCC(Oc4cnc5ccccc5n4)CC3)[nH]n2)c1. The number of nitrogens with zero attached hydrogens (tertiary/aromatic N) is 4. The highest BCUT2D eigenvalue weighted by Crippen LogP contribution is 2.24. The minimum absolute atomic E-state index is 0.00336. The second kappa shape index (κ2) is 8.66. The third-order valence-corrected chi connectivity index (χ3v) is 5.62. The first kappa shape index (κ1) is 20.0. The first-order chi connectivity index (χ1) is 15.7. The molecule has 0 saturated carbocycles. The molecule has 0 radical (unpaired) electrons. The molecule has 0 aliphatic carbocycles. The van der Waals surface area contributed by atoms with Crippen molar-refractivity contribution in [3.8, 4) is 22.9 Å². The van der Waals surface area contributed by atoms with Gasteiger partial charge in [-0.3, -0.25) is 9.89 Å². The van der Waals surface area contributed by atoms with Gasteiger partial charge in [0.05, 0.1) is 30.0 Å². The van der Waals surface area contributed by atoms with Crippen LogP contribution in [0.4, 0.5) is 0 Å². The number of carbonyl (C=O) groups is 1. The lowest BCUT2D eigenvalue weighted by Gasteiger charge is -2.31. The van der Waals surface area contributed by atoms with Gasteiger partial charge in [0.25, 0.3) is 5.91 Å². The summed E-state index contributed by atoms with van der Waals surface area (Å²) in [6, 6.07) is 17.1. The fraction of sp³-hybridized carbons (Fsp3) is 0.250. The van der Waals surface area contributed by atoms with Crippen LogP contribution < -0.4 is 9.47 Å². The van der Waals surface area contributed by atoms with Gasteiger partial charge >= 0.3 is 0 Å². The van der Waals surface area contributed by atoms with Gasteiger partial charge in [-0.2, -0.15) is 5.10 Å². The van der Waals surface area contributed by atoms with Crippen molar-refractivity contribution in [3.05, 3.63) is 66.5 Å². The number of likely N-dealkylation sites (tertiary alicyclic amines) is 1. The third kappa shape index (κ3) is 4.12. The van der Waals surface area contributed by atoms with Crippen LogP contribution in [0.25, 0.3) is 22.3 Å². The molecule has 1 aliphatic rings. The van der Waals surface area contributed by atoms with Crippen molar-refractivity contribution in [1.82, 2.24) is 25.1 Å². The van der Waals surface area contributed by atoms with Crippen molar-refractivity contribution >= 4 is 16.9 Å². The molecule has 5 rings (SSSR count). The average Bonchev–Trinajstić information content (AvgIpc) is 3.34. The largest absolute Gasteiger partial charge is 0.497 e. The highest BCUT2D eigenvalue weighted by Gasteiger charge is 2.26. The minimum Gasteiger partial charge on any atom is -0.497 e. The van der Waals surface area contributed by atoms with Crippen molar-refractivity contribution in [1.29, 1.82) is 0 Å². The Labute approximate surface area is 185 Å². The Morgan fingerprint density at radius 3 is 2.69 bits per heavy atom. The van der Waals surface area contributed by atoms with Crippen LogP contribution in [-0.2, 0) is 0 Å². The Morgan fingerprint density at radius 1 is 1.06 bits per heavy atom. The number of fused-ring (bicyclic) bond motifs is 1. The molecule has 2 aromatic carbocycles. The molecule has 1 N–H and O–H groups in total. The third-order valence-electron chi connectivity index (χ3n) is 5.62. The van der Waals surface area contributed by atoms with E-state index in [2.05, 4.69) is 20.2 Å². The van der Waals surface area contributed by atoms with E-state index in [0.29, 0.717) is 30.4 Å². The molecule has 0 spiro atoms. The van der Waals surface area contributed by atoms with Gasteiger partial charge in [-0.15, -0.1) is 0 Å². The van der Waals surface area contributed by atoms with Crippen LogP contribution in [0.2, 0.25) is 0 Å². The van der Waals surface area contributed by atoms with E-state index in [9.17, 15) is 4.79 Å². The molecule has 162 valence electrons. The van der Waals surface area contributed by atoms with Gasteiger partial charge in [-0.25, -0.2) is 9.97 Å². The van der Waals surface area contributed by atoms with Gasteiger partial charge in [0.2, 0.25) is 5.88 Å². The lowest BCUT2D eigenvalue weighted by molar-refractivity contribution is 0.0582. The summed E-state index contributed by atoms with van der Waals surface area (Å²) in [6.45, 7) is 1.22. The standard InChI is InChI=1S/C24H23N5O3/c1-31-18-6-4-5-16(13-18)21-14-22(28-27-21)24(30)29-11-9-17(10-12-29)32-23-15-25-19-7-2-3-8-20(19)26-23/h2-8,13-15,17H,9-12H2,1H3,(H,27,28). The van der Waals surface area contributed by atoms with E-state index in [0.717, 1.165) is 35.2 Å². The lowest BCUT2D eigenvalue weighted by atomic mass is 10.1. The minimum atomic E-state index is -0.0596. The highest BCUT2D eigenvalue weighted by molar-refractivity contribution is 5.93. The molecule has 1 aliphatic heterocycles. The van der Waals surface area contributed by atoms with Crippen molar-refractivity contribution in [2.24, 2.45) is 0 Å². The predicted octanol–water partition coefficient (Wildman–Crippen LogP) is 3.71. The van der Waals surface area contributed by atoms with E-state index < -0.39 is 0 Å². The lowest BCUT2D eigenvalue weighted by Crippen LogP contribution is -2.42. The van der Waals surface area contributed by atoms with Crippen LogP contribution in [0.15, 0.2) is 60.8 Å². The molecule has 0 atom stereocenters. The average molecular weight is 429 g/mol. The monoisotopic (exact) mass is 429 g/mol. The summed E-state index contributed by atoms with van der Waals surface area (Å²) in [4.78, 5) is 23.7. The Bertz CT molecular complexity index is 1250. The van der Waals surface area contributed by atoms with E-state index in [4.69, 9.17) is 9.47 Å². The number of hydrogen-bond donors (Lipinski definition) is 1. The molecule has 1 amide bonds. The van der Waals surface area contributed by atoms with Gasteiger partial charge in [-0.05, 0) is 30.3 Å². The summed E-state index contributed by atoms with van der Waals surface area (Å²) in [5.74, 6) is 1.21. The van der Waals surface area contributed by atoms with Crippen LogP contribution in [0, 0.1) is 0 Å².